The summed E-state index contributed by atoms with van der Waals surface area (Å²) >= 11 is 0. The molecule has 0 aliphatic heterocycles. The highest BCUT2D eigenvalue weighted by atomic mass is 16.5. The van der Waals surface area contributed by atoms with Crippen molar-refractivity contribution in [2.24, 2.45) is 0 Å². The van der Waals surface area contributed by atoms with Gasteiger partial charge >= 0.3 is 0 Å². The van der Waals surface area contributed by atoms with Crippen LogP contribution in [0, 0.1) is 6.92 Å². The van der Waals surface area contributed by atoms with Crippen LogP contribution in [0.1, 0.15) is 12.5 Å². The Labute approximate surface area is 100 Å². The maximum atomic E-state index is 5.65. The first-order valence-electron chi connectivity index (χ1n) is 5.53. The second-order valence-electron chi connectivity index (χ2n) is 3.72. The minimum Gasteiger partial charge on any atom is -0.478 e. The maximum absolute atomic E-state index is 5.65. The molecule has 0 aliphatic carbocycles. The standard InChI is InChI=1S/C13H15N3O/c1-3-17-13-9(2)4-5-11(16-13)10-6-7-15-12(14)8-10/h4-8H,3H2,1-2H3,(H2,14,15). The van der Waals surface area contributed by atoms with Gasteiger partial charge in [0, 0.05) is 17.3 Å². The van der Waals surface area contributed by atoms with Crippen molar-refractivity contribution in [1.29, 1.82) is 0 Å². The quantitative estimate of drug-likeness (QED) is 0.878. The molecule has 0 unspecified atom stereocenters. The second-order valence-corrected chi connectivity index (χ2v) is 3.72. The van der Waals surface area contributed by atoms with Crippen molar-refractivity contribution in [3.8, 4) is 17.1 Å². The van der Waals surface area contributed by atoms with E-state index in [1.165, 1.54) is 0 Å². The van der Waals surface area contributed by atoms with Crippen LogP contribution in [-0.4, -0.2) is 16.6 Å². The average molecular weight is 229 g/mol. The Bertz CT molecular complexity index is 526. The van der Waals surface area contributed by atoms with E-state index < -0.39 is 0 Å². The van der Waals surface area contributed by atoms with E-state index in [9.17, 15) is 0 Å². The van der Waals surface area contributed by atoms with Gasteiger partial charge in [-0.25, -0.2) is 9.97 Å². The van der Waals surface area contributed by atoms with Gasteiger partial charge in [0.1, 0.15) is 5.82 Å². The van der Waals surface area contributed by atoms with E-state index in [1.54, 1.807) is 12.3 Å². The summed E-state index contributed by atoms with van der Waals surface area (Å²) in [5.74, 6) is 1.16. The molecule has 17 heavy (non-hydrogen) atoms. The topological polar surface area (TPSA) is 61.0 Å². The number of ether oxygens (including phenoxy) is 1. The van der Waals surface area contributed by atoms with Gasteiger partial charge in [0.05, 0.1) is 12.3 Å². The first-order valence-corrected chi connectivity index (χ1v) is 5.53. The molecule has 0 fully saturated rings. The molecule has 0 aromatic carbocycles. The van der Waals surface area contributed by atoms with Crippen LogP contribution in [0.3, 0.4) is 0 Å². The number of nitrogens with zero attached hydrogens (tertiary/aromatic N) is 2. The Hall–Kier alpha value is -2.10. The molecule has 0 amide bonds. The summed E-state index contributed by atoms with van der Waals surface area (Å²) < 4.78 is 5.47. The van der Waals surface area contributed by atoms with Gasteiger partial charge in [-0.05, 0) is 32.0 Å². The molecule has 0 saturated heterocycles. The largest absolute Gasteiger partial charge is 0.478 e. The molecule has 4 heteroatoms. The van der Waals surface area contributed by atoms with Crippen LogP contribution < -0.4 is 10.5 Å². The molecule has 0 aliphatic rings. The molecular weight excluding hydrogens is 214 g/mol. The van der Waals surface area contributed by atoms with E-state index in [4.69, 9.17) is 10.5 Å². The number of nitrogen functional groups attached to an aromatic ring is 1. The van der Waals surface area contributed by atoms with Gasteiger partial charge in [-0.1, -0.05) is 6.07 Å². The summed E-state index contributed by atoms with van der Waals surface area (Å²) in [7, 11) is 0. The first-order chi connectivity index (χ1) is 8.20. The van der Waals surface area contributed by atoms with Crippen molar-refractivity contribution < 1.29 is 4.74 Å². The number of nitrogens with two attached hydrogens (primary N) is 1. The molecule has 2 heterocycles. The summed E-state index contributed by atoms with van der Waals surface area (Å²) in [6.07, 6.45) is 1.67. The third-order valence-electron chi connectivity index (χ3n) is 2.41. The van der Waals surface area contributed by atoms with Crippen LogP contribution in [0.2, 0.25) is 0 Å². The molecule has 0 spiro atoms. The highest BCUT2D eigenvalue weighted by Crippen LogP contribution is 2.23. The number of aryl methyl sites for hydroxylation is 1. The van der Waals surface area contributed by atoms with Crippen molar-refractivity contribution in [1.82, 2.24) is 9.97 Å². The van der Waals surface area contributed by atoms with E-state index in [1.807, 2.05) is 32.0 Å². The minimum absolute atomic E-state index is 0.489. The lowest BCUT2D eigenvalue weighted by Gasteiger charge is -2.08. The monoisotopic (exact) mass is 229 g/mol. The van der Waals surface area contributed by atoms with E-state index >= 15 is 0 Å². The molecule has 0 radical (unpaired) electrons. The second kappa shape index (κ2) is 4.82. The molecule has 0 bridgehead atoms. The first kappa shape index (κ1) is 11.4. The lowest BCUT2D eigenvalue weighted by Crippen LogP contribution is -1.98. The van der Waals surface area contributed by atoms with Gasteiger partial charge in [0.15, 0.2) is 0 Å². The number of anilines is 1. The molecule has 2 aromatic heterocycles. The van der Waals surface area contributed by atoms with Gasteiger partial charge in [0.25, 0.3) is 0 Å². The zero-order valence-corrected chi connectivity index (χ0v) is 9.97. The SMILES string of the molecule is CCOc1nc(-c2ccnc(N)c2)ccc1C. The Morgan fingerprint density at radius 2 is 2.12 bits per heavy atom. The van der Waals surface area contributed by atoms with Gasteiger partial charge in [0.2, 0.25) is 5.88 Å². The van der Waals surface area contributed by atoms with Crippen molar-refractivity contribution in [2.75, 3.05) is 12.3 Å². The minimum atomic E-state index is 0.489. The molecule has 2 aromatic rings. The third-order valence-corrected chi connectivity index (χ3v) is 2.41. The van der Waals surface area contributed by atoms with Gasteiger partial charge in [-0.15, -0.1) is 0 Å². The Morgan fingerprint density at radius 3 is 2.82 bits per heavy atom. The number of rotatable bonds is 3. The summed E-state index contributed by atoms with van der Waals surface area (Å²) in [5, 5.41) is 0. The smallest absolute Gasteiger partial charge is 0.216 e. The van der Waals surface area contributed by atoms with Crippen molar-refractivity contribution in [2.45, 2.75) is 13.8 Å². The van der Waals surface area contributed by atoms with Crippen LogP contribution in [-0.2, 0) is 0 Å². The van der Waals surface area contributed by atoms with Gasteiger partial charge < -0.3 is 10.5 Å². The fourth-order valence-electron chi connectivity index (χ4n) is 1.56. The zero-order chi connectivity index (χ0) is 12.3. The zero-order valence-electron chi connectivity index (χ0n) is 9.97. The predicted molar refractivity (Wildman–Crippen MR) is 67.8 cm³/mol. The average Bonchev–Trinajstić information content (AvgIpc) is 2.32. The van der Waals surface area contributed by atoms with Crippen LogP contribution in [0.5, 0.6) is 5.88 Å². The Balaban J connectivity index is 2.42. The number of hydrogen-bond donors (Lipinski definition) is 1. The fraction of sp³-hybridized carbons (Fsp3) is 0.231. The number of aromatic nitrogens is 2. The molecule has 4 nitrogen and oxygen atoms in total. The molecular formula is C13H15N3O. The van der Waals surface area contributed by atoms with Crippen molar-refractivity contribution in [3.05, 3.63) is 36.0 Å². The Kier molecular flexibility index (Phi) is 3.23. The fourth-order valence-corrected chi connectivity index (χ4v) is 1.56. The predicted octanol–water partition coefficient (Wildman–Crippen LogP) is 2.43. The van der Waals surface area contributed by atoms with E-state index in [2.05, 4.69) is 9.97 Å². The summed E-state index contributed by atoms with van der Waals surface area (Å²) in [4.78, 5) is 8.43. The highest BCUT2D eigenvalue weighted by molar-refractivity contribution is 5.62. The maximum Gasteiger partial charge on any atom is 0.216 e. The third kappa shape index (κ3) is 2.53. The van der Waals surface area contributed by atoms with E-state index in [-0.39, 0.29) is 0 Å². The molecule has 2 rings (SSSR count). The summed E-state index contributed by atoms with van der Waals surface area (Å²) in [5.41, 5.74) is 8.46. The van der Waals surface area contributed by atoms with Crippen molar-refractivity contribution in [3.63, 3.8) is 0 Å². The number of pyridine rings is 2. The lowest BCUT2D eigenvalue weighted by atomic mass is 10.1. The number of hydrogen-bond acceptors (Lipinski definition) is 4. The van der Waals surface area contributed by atoms with E-state index in [0.717, 1.165) is 16.8 Å². The van der Waals surface area contributed by atoms with Crippen LogP contribution in [0.15, 0.2) is 30.5 Å². The van der Waals surface area contributed by atoms with Gasteiger partial charge in [-0.3, -0.25) is 0 Å². The highest BCUT2D eigenvalue weighted by Gasteiger charge is 2.05. The summed E-state index contributed by atoms with van der Waals surface area (Å²) in [6.45, 7) is 4.52. The summed E-state index contributed by atoms with van der Waals surface area (Å²) in [6, 6.07) is 7.62. The van der Waals surface area contributed by atoms with Crippen molar-refractivity contribution >= 4 is 5.82 Å². The molecule has 2 N–H and O–H groups in total. The molecule has 0 saturated carbocycles. The lowest BCUT2D eigenvalue weighted by molar-refractivity contribution is 0.325. The molecule has 0 atom stereocenters. The normalized spacial score (nSPS) is 10.2. The van der Waals surface area contributed by atoms with Gasteiger partial charge in [-0.2, -0.15) is 0 Å². The van der Waals surface area contributed by atoms with Crippen LogP contribution in [0.25, 0.3) is 11.3 Å². The van der Waals surface area contributed by atoms with Crippen LogP contribution in [0.4, 0.5) is 5.82 Å². The van der Waals surface area contributed by atoms with E-state index in [0.29, 0.717) is 18.3 Å². The van der Waals surface area contributed by atoms with Crippen LogP contribution >= 0.6 is 0 Å². The Morgan fingerprint density at radius 1 is 1.29 bits per heavy atom. The molecule has 88 valence electrons.